The van der Waals surface area contributed by atoms with Gasteiger partial charge in [0.15, 0.2) is 0 Å². The van der Waals surface area contributed by atoms with E-state index in [0.29, 0.717) is 0 Å². The first kappa shape index (κ1) is 13.6. The molecule has 5 nitrogen and oxygen atoms in total. The molecule has 98 valence electrons. The fourth-order valence-electron chi connectivity index (χ4n) is 1.48. The van der Waals surface area contributed by atoms with Crippen molar-refractivity contribution in [3.8, 4) is 6.07 Å². The molecule has 1 aromatic carbocycles. The number of hydrogen-bond acceptors (Lipinski definition) is 3. The summed E-state index contributed by atoms with van der Waals surface area (Å²) in [5.41, 5.74) is 1.06. The van der Waals surface area contributed by atoms with Crippen molar-refractivity contribution in [1.82, 2.24) is 9.71 Å². The maximum Gasteiger partial charge on any atom is 0.240 e. The van der Waals surface area contributed by atoms with E-state index in [4.69, 9.17) is 16.9 Å². The molecule has 2 rings (SSSR count). The number of nitrogens with one attached hydrogen (secondary N) is 2. The van der Waals surface area contributed by atoms with Crippen LogP contribution in [0, 0.1) is 11.3 Å². The molecule has 0 saturated heterocycles. The number of H-pyrrole nitrogens is 1. The zero-order valence-corrected chi connectivity index (χ0v) is 11.3. The lowest BCUT2D eigenvalue weighted by Gasteiger charge is -2.06. The summed E-state index contributed by atoms with van der Waals surface area (Å²) in [5, 5.41) is 8.86. The van der Waals surface area contributed by atoms with E-state index in [1.54, 1.807) is 18.5 Å². The van der Waals surface area contributed by atoms with Gasteiger partial charge in [-0.15, -0.1) is 0 Å². The summed E-state index contributed by atoms with van der Waals surface area (Å²) in [6, 6.07) is 7.65. The van der Waals surface area contributed by atoms with Crippen LogP contribution in [0.1, 0.15) is 11.1 Å². The van der Waals surface area contributed by atoms with E-state index < -0.39 is 10.0 Å². The highest BCUT2D eigenvalue weighted by Crippen LogP contribution is 2.20. The van der Waals surface area contributed by atoms with Gasteiger partial charge in [-0.25, -0.2) is 13.1 Å². The third kappa shape index (κ3) is 3.15. The first-order valence-corrected chi connectivity index (χ1v) is 7.20. The molecule has 0 amide bonds. The van der Waals surface area contributed by atoms with Crippen molar-refractivity contribution in [2.24, 2.45) is 0 Å². The average Bonchev–Trinajstić information content (AvgIpc) is 2.89. The van der Waals surface area contributed by atoms with Crippen molar-refractivity contribution in [1.29, 1.82) is 5.26 Å². The molecule has 2 N–H and O–H groups in total. The molecule has 7 heteroatoms. The Labute approximate surface area is 115 Å². The highest BCUT2D eigenvalue weighted by molar-refractivity contribution is 7.89. The van der Waals surface area contributed by atoms with E-state index in [-0.39, 0.29) is 22.0 Å². The average molecular weight is 296 g/mol. The van der Waals surface area contributed by atoms with Crippen molar-refractivity contribution in [3.05, 3.63) is 52.8 Å². The van der Waals surface area contributed by atoms with Crippen LogP contribution in [0.15, 0.2) is 41.6 Å². The summed E-state index contributed by atoms with van der Waals surface area (Å²) in [7, 11) is -3.64. The van der Waals surface area contributed by atoms with Gasteiger partial charge in [0.2, 0.25) is 10.0 Å². The molecule has 0 aliphatic heterocycles. The van der Waals surface area contributed by atoms with Crippen LogP contribution < -0.4 is 4.72 Å². The molecule has 0 radical (unpaired) electrons. The quantitative estimate of drug-likeness (QED) is 0.905. The Morgan fingerprint density at radius 2 is 2.16 bits per heavy atom. The highest BCUT2D eigenvalue weighted by atomic mass is 35.5. The fourth-order valence-corrected chi connectivity index (χ4v) is 2.81. The molecule has 0 spiro atoms. The molecular weight excluding hydrogens is 286 g/mol. The van der Waals surface area contributed by atoms with Crippen LogP contribution >= 0.6 is 11.6 Å². The number of hydrogen-bond donors (Lipinski definition) is 2. The van der Waals surface area contributed by atoms with E-state index >= 15 is 0 Å². The van der Waals surface area contributed by atoms with Gasteiger partial charge in [0.25, 0.3) is 0 Å². The Hall–Kier alpha value is -1.81. The largest absolute Gasteiger partial charge is 0.367 e. The first-order valence-electron chi connectivity index (χ1n) is 5.34. The van der Waals surface area contributed by atoms with E-state index in [2.05, 4.69) is 9.71 Å². The molecule has 0 aliphatic rings. The Morgan fingerprint density at radius 3 is 2.74 bits per heavy atom. The van der Waals surface area contributed by atoms with Gasteiger partial charge >= 0.3 is 0 Å². The zero-order chi connectivity index (χ0) is 13.9. The number of halogens is 1. The van der Waals surface area contributed by atoms with Gasteiger partial charge < -0.3 is 4.98 Å². The molecule has 0 fully saturated rings. The van der Waals surface area contributed by atoms with Crippen molar-refractivity contribution in [2.75, 3.05) is 0 Å². The summed E-state index contributed by atoms with van der Waals surface area (Å²) in [6.07, 6.45) is 3.41. The van der Waals surface area contributed by atoms with Gasteiger partial charge in [0.05, 0.1) is 15.5 Å². The lowest BCUT2D eigenvalue weighted by atomic mass is 10.2. The summed E-state index contributed by atoms with van der Waals surface area (Å²) < 4.78 is 26.5. The maximum atomic E-state index is 12.0. The Bertz CT molecular complexity index is 718. The standard InChI is InChI=1S/C12H10ClN3O2S/c13-12-5-11(2-1-10(12)6-14)19(17,18)16-8-9-3-4-15-7-9/h1-5,7,15-16H,8H2. The van der Waals surface area contributed by atoms with Crippen molar-refractivity contribution >= 4 is 21.6 Å². The topological polar surface area (TPSA) is 85.8 Å². The molecule has 2 aromatic rings. The number of nitrogens with zero attached hydrogens (tertiary/aromatic N) is 1. The summed E-state index contributed by atoms with van der Waals surface area (Å²) >= 11 is 5.82. The molecule has 0 aliphatic carbocycles. The van der Waals surface area contributed by atoms with Gasteiger partial charge in [-0.3, -0.25) is 0 Å². The van der Waals surface area contributed by atoms with Crippen LogP contribution in [-0.2, 0) is 16.6 Å². The predicted octanol–water partition coefficient (Wildman–Crippen LogP) is 2.02. The summed E-state index contributed by atoms with van der Waals surface area (Å²) in [6.45, 7) is 0.184. The Kier molecular flexibility index (Phi) is 3.90. The predicted molar refractivity (Wildman–Crippen MR) is 71.0 cm³/mol. The van der Waals surface area contributed by atoms with E-state index in [1.165, 1.54) is 18.2 Å². The molecule has 0 saturated carbocycles. The molecular formula is C12H10ClN3O2S. The van der Waals surface area contributed by atoms with Crippen molar-refractivity contribution in [2.45, 2.75) is 11.4 Å². The number of nitriles is 1. The molecule has 19 heavy (non-hydrogen) atoms. The molecule has 0 bridgehead atoms. The molecule has 1 heterocycles. The minimum Gasteiger partial charge on any atom is -0.367 e. The second-order valence-electron chi connectivity index (χ2n) is 3.80. The minimum atomic E-state index is -3.64. The second-order valence-corrected chi connectivity index (χ2v) is 5.97. The van der Waals surface area contributed by atoms with Crippen LogP contribution in [0.5, 0.6) is 0 Å². The third-order valence-electron chi connectivity index (χ3n) is 2.50. The highest BCUT2D eigenvalue weighted by Gasteiger charge is 2.15. The Balaban J connectivity index is 2.20. The number of rotatable bonds is 4. The third-order valence-corrected chi connectivity index (χ3v) is 4.21. The van der Waals surface area contributed by atoms with Gasteiger partial charge in [-0.05, 0) is 29.8 Å². The van der Waals surface area contributed by atoms with Gasteiger partial charge in [0, 0.05) is 18.9 Å². The van der Waals surface area contributed by atoms with E-state index in [1.807, 2.05) is 6.07 Å². The fraction of sp³-hybridized carbons (Fsp3) is 0.0833. The number of sulfonamides is 1. The minimum absolute atomic E-state index is 0.0343. The van der Waals surface area contributed by atoms with Crippen LogP contribution in [0.2, 0.25) is 5.02 Å². The monoisotopic (exact) mass is 295 g/mol. The van der Waals surface area contributed by atoms with Crippen LogP contribution in [-0.4, -0.2) is 13.4 Å². The maximum absolute atomic E-state index is 12.0. The molecule has 0 atom stereocenters. The van der Waals surface area contributed by atoms with Gasteiger partial charge in [-0.2, -0.15) is 5.26 Å². The SMILES string of the molecule is N#Cc1ccc(S(=O)(=O)NCc2cc[nH]c2)cc1Cl. The number of aromatic nitrogens is 1. The van der Waals surface area contributed by atoms with Crippen molar-refractivity contribution in [3.63, 3.8) is 0 Å². The first-order chi connectivity index (χ1) is 9.03. The van der Waals surface area contributed by atoms with Crippen LogP contribution in [0.25, 0.3) is 0 Å². The lowest BCUT2D eigenvalue weighted by Crippen LogP contribution is -2.23. The second kappa shape index (κ2) is 5.45. The number of benzene rings is 1. The number of aromatic amines is 1. The molecule has 1 aromatic heterocycles. The lowest BCUT2D eigenvalue weighted by molar-refractivity contribution is 0.581. The van der Waals surface area contributed by atoms with E-state index in [9.17, 15) is 8.42 Å². The smallest absolute Gasteiger partial charge is 0.240 e. The van der Waals surface area contributed by atoms with E-state index in [0.717, 1.165) is 5.56 Å². The van der Waals surface area contributed by atoms with Gasteiger partial charge in [0.1, 0.15) is 6.07 Å². The summed E-state index contributed by atoms with van der Waals surface area (Å²) in [4.78, 5) is 2.87. The molecule has 0 unspecified atom stereocenters. The zero-order valence-electron chi connectivity index (χ0n) is 9.72. The van der Waals surface area contributed by atoms with Crippen LogP contribution in [0.3, 0.4) is 0 Å². The Morgan fingerprint density at radius 1 is 1.37 bits per heavy atom. The normalized spacial score (nSPS) is 11.2. The summed E-state index contributed by atoms with van der Waals surface area (Å²) in [5.74, 6) is 0. The van der Waals surface area contributed by atoms with Crippen molar-refractivity contribution < 1.29 is 8.42 Å². The van der Waals surface area contributed by atoms with Gasteiger partial charge in [-0.1, -0.05) is 11.6 Å². The van der Waals surface area contributed by atoms with Crippen LogP contribution in [0.4, 0.5) is 0 Å².